The fraction of sp³-hybridized carbons (Fsp3) is 0.667. The summed E-state index contributed by atoms with van der Waals surface area (Å²) in [6.45, 7) is 4.09. The molecule has 0 fully saturated rings. The van der Waals surface area contributed by atoms with Crippen LogP contribution in [0.25, 0.3) is 0 Å². The fourth-order valence-electron chi connectivity index (χ4n) is 5.23. The molecule has 0 aliphatic rings. The summed E-state index contributed by atoms with van der Waals surface area (Å²) in [5.74, 6) is -0.437. The van der Waals surface area contributed by atoms with Crippen LogP contribution in [0.15, 0.2) is 85.3 Å². The van der Waals surface area contributed by atoms with Crippen molar-refractivity contribution >= 4 is 13.8 Å². The number of unbranched alkanes of at least 4 members (excludes halogenated alkanes) is 14. The average Bonchev–Trinajstić information content (AvgIpc) is 3.16. The first-order valence-electron chi connectivity index (χ1n) is 21.1. The van der Waals surface area contributed by atoms with Crippen molar-refractivity contribution in [3.8, 4) is 0 Å². The highest BCUT2D eigenvalue weighted by Crippen LogP contribution is 2.43. The van der Waals surface area contributed by atoms with E-state index in [9.17, 15) is 14.3 Å². The maximum atomic E-state index is 12.5. The predicted octanol–water partition coefficient (Wildman–Crippen LogP) is 12.9. The van der Waals surface area contributed by atoms with E-state index in [1.54, 1.807) is 6.26 Å². The van der Waals surface area contributed by atoms with Gasteiger partial charge in [-0.15, -0.1) is 0 Å². The standard InChI is InChI=1S/C45H78NO7P/c1-3-5-7-9-11-13-15-17-19-21-22-23-24-26-28-30-32-34-36-38-45(47)53-44(43-52-54(48,49)51-41-39-46)42-50-40-37-35-33-31-29-27-25-20-18-16-14-12-10-8-6-4-2/h11,13-14,16-17,19,22-23,26,28,32,34,37,40,44H,3-10,12,15,18,20-21,24-25,27,29-31,33,35-36,38-39,41-43,46H2,1-2H3,(H,48,49)/b13-11-,16-14-,19-17-,23-22-,28-26-,34-32-,40-37-/t44-/m1/s1. The quantitative estimate of drug-likeness (QED) is 0.0208. The number of phosphoric acid groups is 1. The summed E-state index contributed by atoms with van der Waals surface area (Å²) in [5, 5.41) is 0. The number of hydrogen-bond acceptors (Lipinski definition) is 7. The van der Waals surface area contributed by atoms with Crippen molar-refractivity contribution in [2.45, 2.75) is 168 Å². The number of esters is 1. The number of hydrogen-bond donors (Lipinski definition) is 2. The van der Waals surface area contributed by atoms with Crippen LogP contribution in [0.1, 0.15) is 162 Å². The lowest BCUT2D eigenvalue weighted by Crippen LogP contribution is -2.27. The van der Waals surface area contributed by atoms with Crippen LogP contribution in [0.4, 0.5) is 0 Å². The number of carbonyl (C=O) groups is 1. The van der Waals surface area contributed by atoms with Gasteiger partial charge in [0, 0.05) is 13.0 Å². The summed E-state index contributed by atoms with van der Waals surface area (Å²) >= 11 is 0. The molecule has 310 valence electrons. The molecule has 9 heteroatoms. The Morgan fingerprint density at radius 3 is 1.54 bits per heavy atom. The molecule has 0 heterocycles. The van der Waals surface area contributed by atoms with E-state index in [0.717, 1.165) is 38.5 Å². The summed E-state index contributed by atoms with van der Waals surface area (Å²) in [4.78, 5) is 22.4. The van der Waals surface area contributed by atoms with E-state index in [-0.39, 0.29) is 32.8 Å². The molecule has 0 aliphatic heterocycles. The first-order valence-corrected chi connectivity index (χ1v) is 22.6. The SMILES string of the molecule is CCCCC/C=C\C/C=C\C/C=C\C/C=C\C/C=C\CCC(=O)O[C@H](CO/C=C\CCCCCCCC/C=C\CCCCCC)COP(=O)(O)OCCN. The van der Waals surface area contributed by atoms with Crippen LogP contribution in [0.3, 0.4) is 0 Å². The van der Waals surface area contributed by atoms with Crippen LogP contribution in [0, 0.1) is 0 Å². The van der Waals surface area contributed by atoms with Gasteiger partial charge in [0.05, 0.1) is 19.5 Å². The molecule has 0 radical (unpaired) electrons. The molecule has 1 unspecified atom stereocenters. The smallest absolute Gasteiger partial charge is 0.472 e. The Bertz CT molecular complexity index is 1100. The zero-order chi connectivity index (χ0) is 39.5. The van der Waals surface area contributed by atoms with Crippen LogP contribution in [0.5, 0.6) is 0 Å². The van der Waals surface area contributed by atoms with Crippen molar-refractivity contribution in [2.75, 3.05) is 26.4 Å². The van der Waals surface area contributed by atoms with Crippen molar-refractivity contribution in [2.24, 2.45) is 5.73 Å². The second kappa shape index (κ2) is 41.7. The van der Waals surface area contributed by atoms with Gasteiger partial charge in [-0.1, -0.05) is 145 Å². The number of carbonyl (C=O) groups excluding carboxylic acids is 1. The zero-order valence-electron chi connectivity index (χ0n) is 34.2. The minimum atomic E-state index is -4.32. The lowest BCUT2D eigenvalue weighted by atomic mass is 10.1. The molecule has 0 saturated carbocycles. The molecule has 0 aliphatic carbocycles. The maximum absolute atomic E-state index is 12.5. The minimum absolute atomic E-state index is 0.00573. The highest BCUT2D eigenvalue weighted by molar-refractivity contribution is 7.47. The number of allylic oxidation sites excluding steroid dienone is 13. The molecular formula is C45H78NO7P. The van der Waals surface area contributed by atoms with E-state index >= 15 is 0 Å². The maximum Gasteiger partial charge on any atom is 0.472 e. The molecule has 54 heavy (non-hydrogen) atoms. The van der Waals surface area contributed by atoms with Gasteiger partial charge in [0.2, 0.25) is 0 Å². The van der Waals surface area contributed by atoms with Gasteiger partial charge in [-0.05, 0) is 89.5 Å². The molecule has 0 saturated heterocycles. The Kier molecular flexibility index (Phi) is 39.8. The van der Waals surface area contributed by atoms with Gasteiger partial charge < -0.3 is 20.1 Å². The van der Waals surface area contributed by atoms with Gasteiger partial charge >= 0.3 is 13.8 Å². The summed E-state index contributed by atoms with van der Waals surface area (Å²) < 4.78 is 33.0. The lowest BCUT2D eigenvalue weighted by Gasteiger charge is -2.19. The normalized spacial score (nSPS) is 14.3. The van der Waals surface area contributed by atoms with E-state index in [4.69, 9.17) is 24.3 Å². The Morgan fingerprint density at radius 1 is 0.574 bits per heavy atom. The molecule has 0 rings (SSSR count). The molecule has 0 aromatic heterocycles. The number of rotatable bonds is 39. The Morgan fingerprint density at radius 2 is 1.00 bits per heavy atom. The van der Waals surface area contributed by atoms with Crippen molar-refractivity contribution in [1.29, 1.82) is 0 Å². The monoisotopic (exact) mass is 776 g/mol. The number of ether oxygens (including phenoxy) is 2. The molecule has 0 amide bonds. The zero-order valence-corrected chi connectivity index (χ0v) is 35.1. The highest BCUT2D eigenvalue weighted by Gasteiger charge is 2.25. The summed E-state index contributed by atoms with van der Waals surface area (Å²) in [5.41, 5.74) is 5.35. The first kappa shape index (κ1) is 51.5. The van der Waals surface area contributed by atoms with E-state index in [2.05, 4.69) is 74.6 Å². The van der Waals surface area contributed by atoms with E-state index < -0.39 is 19.9 Å². The van der Waals surface area contributed by atoms with Crippen LogP contribution in [0.2, 0.25) is 0 Å². The van der Waals surface area contributed by atoms with Crippen molar-refractivity contribution in [3.63, 3.8) is 0 Å². The van der Waals surface area contributed by atoms with Gasteiger partial charge in [-0.25, -0.2) is 4.57 Å². The molecular weight excluding hydrogens is 697 g/mol. The van der Waals surface area contributed by atoms with Crippen LogP contribution in [-0.4, -0.2) is 43.3 Å². The molecule has 0 aromatic rings. The largest absolute Gasteiger partial charge is 0.498 e. The van der Waals surface area contributed by atoms with Crippen molar-refractivity contribution in [1.82, 2.24) is 0 Å². The van der Waals surface area contributed by atoms with Gasteiger partial charge in [-0.2, -0.15) is 0 Å². The van der Waals surface area contributed by atoms with E-state index in [0.29, 0.717) is 6.42 Å². The minimum Gasteiger partial charge on any atom is -0.498 e. The highest BCUT2D eigenvalue weighted by atomic mass is 31.2. The predicted molar refractivity (Wildman–Crippen MR) is 228 cm³/mol. The second-order valence-electron chi connectivity index (χ2n) is 13.6. The van der Waals surface area contributed by atoms with Crippen LogP contribution >= 0.6 is 7.82 Å². The van der Waals surface area contributed by atoms with Gasteiger partial charge in [0.15, 0.2) is 6.10 Å². The average molecular weight is 776 g/mol. The van der Waals surface area contributed by atoms with E-state index in [1.165, 1.54) is 96.3 Å². The summed E-state index contributed by atoms with van der Waals surface area (Å²) in [6.07, 6.45) is 54.2. The lowest BCUT2D eigenvalue weighted by molar-refractivity contribution is -0.153. The van der Waals surface area contributed by atoms with Crippen LogP contribution in [-0.2, 0) is 27.9 Å². The fourth-order valence-corrected chi connectivity index (χ4v) is 6.00. The van der Waals surface area contributed by atoms with Gasteiger partial charge in [-0.3, -0.25) is 13.8 Å². The summed E-state index contributed by atoms with van der Waals surface area (Å²) in [6, 6.07) is 0. The van der Waals surface area contributed by atoms with Crippen molar-refractivity contribution in [3.05, 3.63) is 85.3 Å². The Labute approximate surface area is 330 Å². The van der Waals surface area contributed by atoms with E-state index in [1.807, 2.05) is 18.2 Å². The van der Waals surface area contributed by atoms with Crippen LogP contribution < -0.4 is 5.73 Å². The third-order valence-corrected chi connectivity index (χ3v) is 9.35. The molecule has 8 nitrogen and oxygen atoms in total. The second-order valence-corrected chi connectivity index (χ2v) is 15.0. The molecule has 2 atom stereocenters. The molecule has 3 N–H and O–H groups in total. The Hall–Kier alpha value is -2.48. The van der Waals surface area contributed by atoms with Gasteiger partial charge in [0.1, 0.15) is 6.61 Å². The summed E-state index contributed by atoms with van der Waals surface area (Å²) in [7, 11) is -4.32. The Balaban J connectivity index is 4.27. The molecule has 0 spiro atoms. The third-order valence-electron chi connectivity index (χ3n) is 8.36. The molecule has 0 bridgehead atoms. The topological polar surface area (TPSA) is 117 Å². The number of nitrogens with two attached hydrogens (primary N) is 1. The van der Waals surface area contributed by atoms with Crippen molar-refractivity contribution < 1.29 is 32.8 Å². The van der Waals surface area contributed by atoms with Gasteiger partial charge in [0.25, 0.3) is 0 Å². The first-order chi connectivity index (χ1) is 26.4. The number of phosphoric ester groups is 1. The molecule has 0 aromatic carbocycles. The third kappa shape index (κ3) is 40.7.